The molecule has 2 aromatic carbocycles. The molecule has 3 aromatic rings. The maximum Gasteiger partial charge on any atom is 0.262 e. The van der Waals surface area contributed by atoms with Crippen LogP contribution in [0.5, 0.6) is 11.5 Å². The van der Waals surface area contributed by atoms with Crippen molar-refractivity contribution >= 4 is 16.6 Å². The van der Waals surface area contributed by atoms with Gasteiger partial charge in [0.15, 0.2) is 17.3 Å². The van der Waals surface area contributed by atoms with Gasteiger partial charge in [0, 0.05) is 23.6 Å². The average Bonchev–Trinajstić information content (AvgIpc) is 2.91. The van der Waals surface area contributed by atoms with E-state index in [0.29, 0.717) is 39.1 Å². The molecule has 0 amide bonds. The van der Waals surface area contributed by atoms with E-state index < -0.39 is 0 Å². The number of benzene rings is 2. The Morgan fingerprint density at radius 3 is 2.29 bits per heavy atom. The molecule has 1 aromatic heterocycles. The Kier molecular flexibility index (Phi) is 3.00. The quantitative estimate of drug-likeness (QED) is 0.570. The van der Waals surface area contributed by atoms with Gasteiger partial charge in [-0.1, -0.05) is 24.3 Å². The van der Waals surface area contributed by atoms with E-state index in [1.54, 1.807) is 25.2 Å². The number of ether oxygens (including phenoxy) is 2. The lowest BCUT2D eigenvalue weighted by molar-refractivity contribution is 0.104. The molecule has 0 bridgehead atoms. The number of carbonyl (C=O) groups is 1. The molecule has 0 saturated carbocycles. The predicted octanol–water partition coefficient (Wildman–Crippen LogP) is 2.77. The lowest BCUT2D eigenvalue weighted by atomic mass is 10.0. The van der Waals surface area contributed by atoms with Crippen LogP contribution in [-0.2, 0) is 7.05 Å². The summed E-state index contributed by atoms with van der Waals surface area (Å²) < 4.78 is 12.2. The van der Waals surface area contributed by atoms with Crippen LogP contribution >= 0.6 is 0 Å². The van der Waals surface area contributed by atoms with Crippen molar-refractivity contribution in [1.82, 2.24) is 4.57 Å². The van der Waals surface area contributed by atoms with Crippen molar-refractivity contribution in [2.45, 2.75) is 0 Å². The molecule has 0 atom stereocenters. The van der Waals surface area contributed by atoms with Crippen molar-refractivity contribution in [2.75, 3.05) is 14.2 Å². The van der Waals surface area contributed by atoms with Gasteiger partial charge in [0.2, 0.25) is 0 Å². The lowest BCUT2D eigenvalue weighted by Crippen LogP contribution is -2.20. The first-order valence-corrected chi connectivity index (χ1v) is 7.52. The van der Waals surface area contributed by atoms with Crippen LogP contribution in [0.15, 0.2) is 41.2 Å². The van der Waals surface area contributed by atoms with E-state index in [0.717, 1.165) is 5.56 Å². The molecule has 0 aliphatic heterocycles. The number of hydrogen-bond acceptors (Lipinski definition) is 4. The standard InChI is InChI=1S/C19H15NO4/c1-20-16-10-6-4-5-7-11(10)17(21)14(16)12-8-9-13(23-2)18(24-3)15(12)19(20)22/h4-9H,1-3H3. The van der Waals surface area contributed by atoms with Gasteiger partial charge in [0.25, 0.3) is 5.56 Å². The van der Waals surface area contributed by atoms with Crippen LogP contribution in [0, 0.1) is 0 Å². The summed E-state index contributed by atoms with van der Waals surface area (Å²) in [5, 5.41) is 0.950. The topological polar surface area (TPSA) is 57.5 Å². The fourth-order valence-electron chi connectivity index (χ4n) is 3.48. The molecule has 1 aliphatic rings. The first kappa shape index (κ1) is 14.5. The molecular weight excluding hydrogens is 306 g/mol. The second-order valence-electron chi connectivity index (χ2n) is 5.69. The highest BCUT2D eigenvalue weighted by molar-refractivity contribution is 6.27. The number of fused-ring (bicyclic) bond motifs is 5. The molecule has 120 valence electrons. The van der Waals surface area contributed by atoms with Crippen molar-refractivity contribution in [3.8, 4) is 22.8 Å². The number of aromatic nitrogens is 1. The van der Waals surface area contributed by atoms with Crippen LogP contribution in [0.4, 0.5) is 0 Å². The third kappa shape index (κ3) is 1.64. The van der Waals surface area contributed by atoms with Gasteiger partial charge >= 0.3 is 0 Å². The average molecular weight is 321 g/mol. The molecule has 0 N–H and O–H groups in total. The number of rotatable bonds is 2. The van der Waals surface area contributed by atoms with Crippen molar-refractivity contribution < 1.29 is 14.3 Å². The van der Waals surface area contributed by atoms with Crippen molar-refractivity contribution in [1.29, 1.82) is 0 Å². The zero-order valence-electron chi connectivity index (χ0n) is 13.5. The minimum atomic E-state index is -0.219. The Labute approximate surface area is 138 Å². The molecule has 0 unspecified atom stereocenters. The van der Waals surface area contributed by atoms with Gasteiger partial charge in [-0.15, -0.1) is 0 Å². The first-order chi connectivity index (χ1) is 11.6. The molecule has 24 heavy (non-hydrogen) atoms. The third-order valence-electron chi connectivity index (χ3n) is 4.56. The van der Waals surface area contributed by atoms with E-state index in [9.17, 15) is 9.59 Å². The highest BCUT2D eigenvalue weighted by atomic mass is 16.5. The van der Waals surface area contributed by atoms with E-state index in [1.807, 2.05) is 18.2 Å². The second kappa shape index (κ2) is 4.96. The van der Waals surface area contributed by atoms with E-state index in [1.165, 1.54) is 18.8 Å². The summed E-state index contributed by atoms with van der Waals surface area (Å²) in [6, 6.07) is 10.8. The lowest BCUT2D eigenvalue weighted by Gasteiger charge is -2.15. The Morgan fingerprint density at radius 2 is 1.62 bits per heavy atom. The predicted molar refractivity (Wildman–Crippen MR) is 91.2 cm³/mol. The summed E-state index contributed by atoms with van der Waals surface area (Å²) in [4.78, 5) is 25.9. The van der Waals surface area contributed by atoms with E-state index in [4.69, 9.17) is 9.47 Å². The molecular formula is C19H15NO4. The van der Waals surface area contributed by atoms with Crippen LogP contribution in [-0.4, -0.2) is 24.6 Å². The number of carbonyl (C=O) groups excluding carboxylic acids is 1. The van der Waals surface area contributed by atoms with E-state index in [-0.39, 0.29) is 11.3 Å². The van der Waals surface area contributed by atoms with Crippen molar-refractivity contribution in [3.63, 3.8) is 0 Å². The van der Waals surface area contributed by atoms with Crippen molar-refractivity contribution in [3.05, 3.63) is 57.9 Å². The monoisotopic (exact) mass is 321 g/mol. The van der Waals surface area contributed by atoms with Gasteiger partial charge < -0.3 is 14.0 Å². The summed E-state index contributed by atoms with van der Waals surface area (Å²) in [7, 11) is 4.68. The maximum atomic E-state index is 13.0. The summed E-state index contributed by atoms with van der Waals surface area (Å²) in [6.07, 6.45) is 0. The van der Waals surface area contributed by atoms with Gasteiger partial charge in [-0.3, -0.25) is 9.59 Å². The van der Waals surface area contributed by atoms with Gasteiger partial charge in [-0.05, 0) is 12.1 Å². The van der Waals surface area contributed by atoms with Gasteiger partial charge in [0.05, 0.1) is 30.9 Å². The van der Waals surface area contributed by atoms with Crippen LogP contribution in [0.3, 0.4) is 0 Å². The number of methoxy groups -OCH3 is 2. The van der Waals surface area contributed by atoms with Gasteiger partial charge in [-0.25, -0.2) is 0 Å². The maximum absolute atomic E-state index is 13.0. The zero-order chi connectivity index (χ0) is 17.0. The Morgan fingerprint density at radius 1 is 0.917 bits per heavy atom. The molecule has 4 rings (SSSR count). The number of ketones is 1. The summed E-state index contributed by atoms with van der Waals surface area (Å²) in [5.74, 6) is 0.737. The second-order valence-corrected chi connectivity index (χ2v) is 5.69. The smallest absolute Gasteiger partial charge is 0.262 e. The van der Waals surface area contributed by atoms with Gasteiger partial charge in [0.1, 0.15) is 0 Å². The number of hydrogen-bond donors (Lipinski definition) is 0. The summed E-state index contributed by atoms with van der Waals surface area (Å²) in [6.45, 7) is 0. The minimum Gasteiger partial charge on any atom is -0.493 e. The molecule has 0 radical (unpaired) electrons. The van der Waals surface area contributed by atoms with E-state index >= 15 is 0 Å². The van der Waals surface area contributed by atoms with Crippen molar-refractivity contribution in [2.24, 2.45) is 7.05 Å². The highest BCUT2D eigenvalue weighted by Crippen LogP contribution is 2.42. The summed E-state index contributed by atoms with van der Waals surface area (Å²) >= 11 is 0. The highest BCUT2D eigenvalue weighted by Gasteiger charge is 2.32. The Balaban J connectivity index is 2.24. The van der Waals surface area contributed by atoms with Crippen LogP contribution in [0.2, 0.25) is 0 Å². The third-order valence-corrected chi connectivity index (χ3v) is 4.56. The molecule has 0 spiro atoms. The number of pyridine rings is 1. The largest absolute Gasteiger partial charge is 0.493 e. The molecule has 1 heterocycles. The normalized spacial score (nSPS) is 12.2. The Bertz CT molecular complexity index is 1080. The minimum absolute atomic E-state index is 0.0755. The first-order valence-electron chi connectivity index (χ1n) is 7.52. The molecule has 5 nitrogen and oxygen atoms in total. The zero-order valence-corrected chi connectivity index (χ0v) is 13.5. The molecule has 0 saturated heterocycles. The van der Waals surface area contributed by atoms with Crippen LogP contribution < -0.4 is 15.0 Å². The molecule has 0 fully saturated rings. The summed E-state index contributed by atoms with van der Waals surface area (Å²) in [5.41, 5.74) is 2.37. The SMILES string of the molecule is COc1ccc2c3c(n(C)c(=O)c2c1OC)-c1ccccc1C3=O. The Hall–Kier alpha value is -3.08. The number of nitrogens with zero attached hydrogens (tertiary/aromatic N) is 1. The van der Waals surface area contributed by atoms with E-state index in [2.05, 4.69) is 0 Å². The van der Waals surface area contributed by atoms with Gasteiger partial charge in [-0.2, -0.15) is 0 Å². The fourth-order valence-corrected chi connectivity index (χ4v) is 3.48. The molecule has 5 heteroatoms. The van der Waals surface area contributed by atoms with Crippen LogP contribution in [0.1, 0.15) is 15.9 Å². The van der Waals surface area contributed by atoms with Crippen LogP contribution in [0.25, 0.3) is 22.0 Å². The molecule has 1 aliphatic carbocycles. The fraction of sp³-hybridized carbons (Fsp3) is 0.158.